The number of hydrogen-bond acceptors (Lipinski definition) is 1. The lowest BCUT2D eigenvalue weighted by Gasteiger charge is -2.19. The molecule has 2 aromatic rings. The zero-order chi connectivity index (χ0) is 13.2. The zero-order valence-corrected chi connectivity index (χ0v) is 11.6. The predicted molar refractivity (Wildman–Crippen MR) is 79.6 cm³/mol. The minimum atomic E-state index is 0.210. The van der Waals surface area contributed by atoms with Crippen molar-refractivity contribution >= 4 is 11.4 Å². The van der Waals surface area contributed by atoms with E-state index >= 15 is 0 Å². The molecule has 1 N–H and O–H groups in total. The van der Waals surface area contributed by atoms with E-state index in [4.69, 9.17) is 0 Å². The van der Waals surface area contributed by atoms with E-state index in [2.05, 4.69) is 81.5 Å². The molecule has 0 bridgehead atoms. The highest BCUT2D eigenvalue weighted by Crippen LogP contribution is 2.25. The third kappa shape index (κ3) is 2.92. The maximum Gasteiger partial charge on any atom is 0.0413 e. The largest absolute Gasteiger partial charge is 0.355 e. The number of nitrogens with one attached hydrogen (secondary N) is 1. The maximum absolute atomic E-state index is 3.45. The van der Waals surface area contributed by atoms with Crippen LogP contribution in [0.25, 0.3) is 0 Å². The van der Waals surface area contributed by atoms with Crippen LogP contribution in [-0.2, 0) is 5.41 Å². The van der Waals surface area contributed by atoms with Gasteiger partial charge >= 0.3 is 0 Å². The van der Waals surface area contributed by atoms with Gasteiger partial charge in [-0.25, -0.2) is 0 Å². The van der Waals surface area contributed by atoms with Crippen LogP contribution in [0, 0.1) is 6.92 Å². The predicted octanol–water partition coefficient (Wildman–Crippen LogP) is 5.04. The van der Waals surface area contributed by atoms with E-state index in [-0.39, 0.29) is 5.41 Å². The number of aryl methyl sites for hydroxylation is 1. The fraction of sp³-hybridized carbons (Fsp3) is 0.294. The summed E-state index contributed by atoms with van der Waals surface area (Å²) in [5, 5.41) is 3.45. The minimum Gasteiger partial charge on any atom is -0.355 e. The van der Waals surface area contributed by atoms with Gasteiger partial charge in [-0.2, -0.15) is 0 Å². The van der Waals surface area contributed by atoms with Crippen molar-refractivity contribution in [3.63, 3.8) is 0 Å². The van der Waals surface area contributed by atoms with Crippen LogP contribution < -0.4 is 5.32 Å². The molecule has 1 heteroatoms. The molecule has 2 rings (SSSR count). The van der Waals surface area contributed by atoms with E-state index in [1.165, 1.54) is 16.8 Å². The van der Waals surface area contributed by atoms with Gasteiger partial charge < -0.3 is 5.32 Å². The normalized spacial score (nSPS) is 11.3. The van der Waals surface area contributed by atoms with Gasteiger partial charge in [0.2, 0.25) is 0 Å². The van der Waals surface area contributed by atoms with Crippen molar-refractivity contribution in [1.82, 2.24) is 0 Å². The Morgan fingerprint density at radius 1 is 0.833 bits per heavy atom. The number of anilines is 2. The number of rotatable bonds is 2. The molecule has 0 heterocycles. The quantitative estimate of drug-likeness (QED) is 0.774. The zero-order valence-electron chi connectivity index (χ0n) is 11.6. The van der Waals surface area contributed by atoms with Crippen LogP contribution in [0.1, 0.15) is 31.9 Å². The van der Waals surface area contributed by atoms with Gasteiger partial charge in [-0.05, 0) is 41.7 Å². The van der Waals surface area contributed by atoms with Gasteiger partial charge in [0, 0.05) is 11.4 Å². The molecule has 18 heavy (non-hydrogen) atoms. The van der Waals surface area contributed by atoms with Crippen molar-refractivity contribution in [2.24, 2.45) is 0 Å². The summed E-state index contributed by atoms with van der Waals surface area (Å²) in [5.41, 5.74) is 5.13. The monoisotopic (exact) mass is 239 g/mol. The Bertz CT molecular complexity index is 518. The van der Waals surface area contributed by atoms with E-state index in [9.17, 15) is 0 Å². The fourth-order valence-electron chi connectivity index (χ4n) is 1.92. The van der Waals surface area contributed by atoms with Gasteiger partial charge in [-0.1, -0.05) is 51.1 Å². The lowest BCUT2D eigenvalue weighted by Crippen LogP contribution is -2.10. The summed E-state index contributed by atoms with van der Waals surface area (Å²) in [6.07, 6.45) is 0. The summed E-state index contributed by atoms with van der Waals surface area (Å²) in [6.45, 7) is 8.82. The molecule has 0 spiro atoms. The molecule has 0 amide bonds. The summed E-state index contributed by atoms with van der Waals surface area (Å²) in [6, 6.07) is 17.0. The van der Waals surface area contributed by atoms with Gasteiger partial charge in [0.1, 0.15) is 0 Å². The van der Waals surface area contributed by atoms with Gasteiger partial charge in [0.25, 0.3) is 0 Å². The first-order valence-corrected chi connectivity index (χ1v) is 6.40. The Balaban J connectivity index is 2.19. The second-order valence-electron chi connectivity index (χ2n) is 5.77. The lowest BCUT2D eigenvalue weighted by molar-refractivity contribution is 0.590. The van der Waals surface area contributed by atoms with Crippen LogP contribution in [0.3, 0.4) is 0 Å². The van der Waals surface area contributed by atoms with Crippen molar-refractivity contribution in [3.8, 4) is 0 Å². The standard InChI is InChI=1S/C17H21N/c1-13-7-5-6-8-16(13)18-15-11-9-14(10-12-15)17(2,3)4/h5-12,18H,1-4H3. The van der Waals surface area contributed by atoms with Gasteiger partial charge in [-0.15, -0.1) is 0 Å². The molecule has 0 aliphatic carbocycles. The second-order valence-corrected chi connectivity index (χ2v) is 5.77. The van der Waals surface area contributed by atoms with Crippen molar-refractivity contribution in [3.05, 3.63) is 59.7 Å². The van der Waals surface area contributed by atoms with E-state index in [0.717, 1.165) is 5.69 Å². The van der Waals surface area contributed by atoms with Crippen LogP contribution in [0.15, 0.2) is 48.5 Å². The molecule has 0 aliphatic heterocycles. The highest BCUT2D eigenvalue weighted by atomic mass is 14.9. The summed E-state index contributed by atoms with van der Waals surface area (Å²) in [4.78, 5) is 0. The van der Waals surface area contributed by atoms with Crippen molar-refractivity contribution < 1.29 is 0 Å². The Kier molecular flexibility index (Phi) is 3.42. The third-order valence-electron chi connectivity index (χ3n) is 3.17. The molecule has 0 aromatic heterocycles. The van der Waals surface area contributed by atoms with Crippen molar-refractivity contribution in [1.29, 1.82) is 0 Å². The van der Waals surface area contributed by atoms with Crippen LogP contribution >= 0.6 is 0 Å². The maximum atomic E-state index is 3.45. The van der Waals surface area contributed by atoms with Gasteiger partial charge in [0.05, 0.1) is 0 Å². The summed E-state index contributed by atoms with van der Waals surface area (Å²) < 4.78 is 0. The molecule has 0 saturated heterocycles. The highest BCUT2D eigenvalue weighted by molar-refractivity contribution is 5.63. The summed E-state index contributed by atoms with van der Waals surface area (Å²) in [7, 11) is 0. The van der Waals surface area contributed by atoms with Crippen LogP contribution in [0.5, 0.6) is 0 Å². The molecule has 0 saturated carbocycles. The molecule has 0 fully saturated rings. The second kappa shape index (κ2) is 4.85. The molecule has 0 atom stereocenters. The van der Waals surface area contributed by atoms with Crippen molar-refractivity contribution in [2.75, 3.05) is 5.32 Å². The van der Waals surface area contributed by atoms with Crippen LogP contribution in [0.2, 0.25) is 0 Å². The highest BCUT2D eigenvalue weighted by Gasteiger charge is 2.12. The van der Waals surface area contributed by atoms with Gasteiger partial charge in [-0.3, -0.25) is 0 Å². The molecule has 94 valence electrons. The first-order chi connectivity index (χ1) is 8.47. The number of para-hydroxylation sites is 1. The molecule has 0 unspecified atom stereocenters. The van der Waals surface area contributed by atoms with Crippen LogP contribution in [0.4, 0.5) is 11.4 Å². The molecule has 0 aliphatic rings. The van der Waals surface area contributed by atoms with E-state index in [0.29, 0.717) is 0 Å². The molecule has 2 aromatic carbocycles. The average molecular weight is 239 g/mol. The Morgan fingerprint density at radius 3 is 2.00 bits per heavy atom. The fourth-order valence-corrected chi connectivity index (χ4v) is 1.92. The number of hydrogen-bond donors (Lipinski definition) is 1. The first-order valence-electron chi connectivity index (χ1n) is 6.40. The third-order valence-corrected chi connectivity index (χ3v) is 3.17. The molecule has 0 radical (unpaired) electrons. The van der Waals surface area contributed by atoms with E-state index in [1.54, 1.807) is 0 Å². The number of benzene rings is 2. The minimum absolute atomic E-state index is 0.210. The average Bonchev–Trinajstić information content (AvgIpc) is 2.32. The molecular formula is C17H21N. The first kappa shape index (κ1) is 12.7. The van der Waals surface area contributed by atoms with Gasteiger partial charge in [0.15, 0.2) is 0 Å². The van der Waals surface area contributed by atoms with Crippen LogP contribution in [-0.4, -0.2) is 0 Å². The summed E-state index contributed by atoms with van der Waals surface area (Å²) >= 11 is 0. The SMILES string of the molecule is Cc1ccccc1Nc1ccc(C(C)(C)C)cc1. The van der Waals surface area contributed by atoms with E-state index < -0.39 is 0 Å². The van der Waals surface area contributed by atoms with E-state index in [1.807, 2.05) is 0 Å². The van der Waals surface area contributed by atoms with Crippen molar-refractivity contribution in [2.45, 2.75) is 33.1 Å². The molecule has 1 nitrogen and oxygen atoms in total. The topological polar surface area (TPSA) is 12.0 Å². The Hall–Kier alpha value is -1.76. The Labute approximate surface area is 110 Å². The Morgan fingerprint density at radius 2 is 1.44 bits per heavy atom. The summed E-state index contributed by atoms with van der Waals surface area (Å²) in [5.74, 6) is 0. The smallest absolute Gasteiger partial charge is 0.0413 e. The molecular weight excluding hydrogens is 218 g/mol. The lowest BCUT2D eigenvalue weighted by atomic mass is 9.87.